The van der Waals surface area contributed by atoms with Gasteiger partial charge < -0.3 is 10.1 Å². The van der Waals surface area contributed by atoms with Crippen molar-refractivity contribution < 1.29 is 27.5 Å². The van der Waals surface area contributed by atoms with Crippen LogP contribution < -0.4 is 15.4 Å². The minimum Gasteiger partial charge on any atom is -0.484 e. The van der Waals surface area contributed by atoms with Gasteiger partial charge in [-0.3, -0.25) is 14.9 Å². The van der Waals surface area contributed by atoms with Crippen molar-refractivity contribution in [2.75, 3.05) is 17.2 Å². The summed E-state index contributed by atoms with van der Waals surface area (Å²) >= 11 is 1.29. The lowest BCUT2D eigenvalue weighted by molar-refractivity contribution is -0.137. The first kappa shape index (κ1) is 22.2. The van der Waals surface area contributed by atoms with Gasteiger partial charge in [0.2, 0.25) is 5.13 Å². The van der Waals surface area contributed by atoms with Crippen LogP contribution in [0.4, 0.5) is 24.0 Å². The number of anilines is 2. The summed E-state index contributed by atoms with van der Waals surface area (Å²) in [6.07, 6.45) is -3.78. The Hall–Kier alpha value is -3.47. The van der Waals surface area contributed by atoms with E-state index < -0.39 is 24.3 Å². The molecule has 1 heterocycles. The predicted octanol–water partition coefficient (Wildman–Crippen LogP) is 4.39. The van der Waals surface area contributed by atoms with Crippen LogP contribution in [-0.2, 0) is 17.4 Å². The van der Waals surface area contributed by atoms with Gasteiger partial charge in [0.1, 0.15) is 10.8 Å². The summed E-state index contributed by atoms with van der Waals surface area (Å²) in [4.78, 5) is 24.2. The van der Waals surface area contributed by atoms with Crippen molar-refractivity contribution in [3.8, 4) is 5.75 Å². The molecule has 0 aliphatic rings. The van der Waals surface area contributed by atoms with Gasteiger partial charge in [-0.25, -0.2) is 0 Å². The molecule has 0 saturated heterocycles. The smallest absolute Gasteiger partial charge is 0.416 e. The van der Waals surface area contributed by atoms with E-state index in [9.17, 15) is 22.8 Å². The molecule has 0 bridgehead atoms. The molecule has 0 aliphatic heterocycles. The van der Waals surface area contributed by atoms with Crippen molar-refractivity contribution in [1.29, 1.82) is 0 Å². The molecule has 2 aromatic carbocycles. The Labute approximate surface area is 179 Å². The van der Waals surface area contributed by atoms with E-state index in [1.54, 1.807) is 0 Å². The van der Waals surface area contributed by atoms with Crippen LogP contribution in [0.15, 0.2) is 48.5 Å². The average molecular weight is 450 g/mol. The number of aromatic nitrogens is 2. The summed E-state index contributed by atoms with van der Waals surface area (Å²) < 4.78 is 43.5. The van der Waals surface area contributed by atoms with Crippen LogP contribution >= 0.6 is 11.3 Å². The lowest BCUT2D eigenvalue weighted by Crippen LogP contribution is -2.20. The summed E-state index contributed by atoms with van der Waals surface area (Å²) in [6, 6.07) is 10.3. The molecule has 0 saturated carbocycles. The molecule has 0 spiro atoms. The number of ether oxygens (including phenoxy) is 1. The second kappa shape index (κ2) is 9.56. The van der Waals surface area contributed by atoms with E-state index in [4.69, 9.17) is 4.74 Å². The number of nitrogens with one attached hydrogen (secondary N) is 2. The summed E-state index contributed by atoms with van der Waals surface area (Å²) in [5.74, 6) is -0.670. The van der Waals surface area contributed by atoms with Crippen LogP contribution in [0.3, 0.4) is 0 Å². The molecule has 0 radical (unpaired) electrons. The number of halogens is 3. The number of hydrogen-bond acceptors (Lipinski definition) is 6. The third-order valence-electron chi connectivity index (χ3n) is 3.95. The van der Waals surface area contributed by atoms with Crippen LogP contribution in [-0.4, -0.2) is 28.6 Å². The predicted molar refractivity (Wildman–Crippen MR) is 109 cm³/mol. The van der Waals surface area contributed by atoms with Gasteiger partial charge in [0.15, 0.2) is 6.61 Å². The number of rotatable bonds is 7. The molecule has 0 unspecified atom stereocenters. The number of hydrogen-bond donors (Lipinski definition) is 2. The molecule has 3 aromatic rings. The molecule has 2 amide bonds. The second-order valence-corrected chi connectivity index (χ2v) is 7.31. The standard InChI is InChI=1S/C20H17F3N4O3S/c1-2-17-26-27-19(31-17)25-18(29)12-6-8-15(9-7-12)30-11-16(28)24-14-5-3-4-13(10-14)20(21,22)23/h3-10H,2,11H2,1H3,(H,24,28)(H,25,27,29). The third-order valence-corrected chi connectivity index (χ3v) is 4.93. The number of benzene rings is 2. The highest BCUT2D eigenvalue weighted by atomic mass is 32.1. The van der Waals surface area contributed by atoms with Crippen LogP contribution in [0.2, 0.25) is 0 Å². The van der Waals surface area contributed by atoms with E-state index in [0.717, 1.165) is 23.6 Å². The monoisotopic (exact) mass is 450 g/mol. The maximum Gasteiger partial charge on any atom is 0.416 e. The number of carbonyl (C=O) groups is 2. The fourth-order valence-corrected chi connectivity index (χ4v) is 3.11. The molecule has 11 heteroatoms. The topological polar surface area (TPSA) is 93.2 Å². The molecule has 0 atom stereocenters. The van der Waals surface area contributed by atoms with E-state index in [0.29, 0.717) is 16.4 Å². The maximum absolute atomic E-state index is 12.7. The van der Waals surface area contributed by atoms with Gasteiger partial charge in [0.25, 0.3) is 11.8 Å². The Bertz CT molecular complexity index is 1070. The maximum atomic E-state index is 12.7. The summed E-state index contributed by atoms with van der Waals surface area (Å²) in [5, 5.41) is 14.0. The zero-order valence-electron chi connectivity index (χ0n) is 16.2. The van der Waals surface area contributed by atoms with Gasteiger partial charge in [-0.1, -0.05) is 24.3 Å². The number of amides is 2. The first-order valence-corrected chi connectivity index (χ1v) is 9.90. The van der Waals surface area contributed by atoms with Crippen LogP contribution in [0.25, 0.3) is 0 Å². The third kappa shape index (κ3) is 6.25. The molecule has 162 valence electrons. The Morgan fingerprint density at radius 2 is 1.81 bits per heavy atom. The van der Waals surface area contributed by atoms with Gasteiger partial charge in [0.05, 0.1) is 5.56 Å². The first-order valence-electron chi connectivity index (χ1n) is 9.08. The fourth-order valence-electron chi connectivity index (χ4n) is 2.44. The lowest BCUT2D eigenvalue weighted by Gasteiger charge is -2.10. The van der Waals surface area contributed by atoms with E-state index in [2.05, 4.69) is 20.8 Å². The van der Waals surface area contributed by atoms with E-state index >= 15 is 0 Å². The molecule has 3 rings (SSSR count). The average Bonchev–Trinajstić information content (AvgIpc) is 3.20. The lowest BCUT2D eigenvalue weighted by atomic mass is 10.2. The molecule has 7 nitrogen and oxygen atoms in total. The number of nitrogens with zero attached hydrogens (tertiary/aromatic N) is 2. The van der Waals surface area contributed by atoms with Crippen molar-refractivity contribution >= 4 is 34.0 Å². The minimum atomic E-state index is -4.50. The Kier molecular flexibility index (Phi) is 6.85. The summed E-state index contributed by atoms with van der Waals surface area (Å²) in [7, 11) is 0. The van der Waals surface area contributed by atoms with Gasteiger partial charge in [-0.2, -0.15) is 13.2 Å². The zero-order chi connectivity index (χ0) is 22.4. The number of alkyl halides is 3. The molecule has 1 aromatic heterocycles. The van der Waals surface area contributed by atoms with Crippen molar-refractivity contribution in [3.63, 3.8) is 0 Å². The van der Waals surface area contributed by atoms with E-state index in [1.807, 2.05) is 6.92 Å². The Morgan fingerprint density at radius 3 is 2.45 bits per heavy atom. The Morgan fingerprint density at radius 1 is 1.06 bits per heavy atom. The zero-order valence-corrected chi connectivity index (χ0v) is 17.0. The van der Waals surface area contributed by atoms with Gasteiger partial charge in [-0.05, 0) is 48.9 Å². The summed E-state index contributed by atoms with van der Waals surface area (Å²) in [6.45, 7) is 1.52. The van der Waals surface area contributed by atoms with Crippen LogP contribution in [0.5, 0.6) is 5.75 Å². The molecular weight excluding hydrogens is 433 g/mol. The van der Waals surface area contributed by atoms with Crippen LogP contribution in [0.1, 0.15) is 27.9 Å². The highest BCUT2D eigenvalue weighted by molar-refractivity contribution is 7.15. The molecular formula is C20H17F3N4O3S. The minimum absolute atomic E-state index is 0.0124. The van der Waals surface area contributed by atoms with E-state index in [-0.39, 0.29) is 11.6 Å². The fraction of sp³-hybridized carbons (Fsp3) is 0.200. The number of carbonyl (C=O) groups excluding carboxylic acids is 2. The van der Waals surface area contributed by atoms with E-state index in [1.165, 1.54) is 47.7 Å². The number of aryl methyl sites for hydroxylation is 1. The van der Waals surface area contributed by atoms with Crippen molar-refractivity contribution in [3.05, 3.63) is 64.7 Å². The Balaban J connectivity index is 1.52. The second-order valence-electron chi connectivity index (χ2n) is 6.25. The quantitative estimate of drug-likeness (QED) is 0.557. The SMILES string of the molecule is CCc1nnc(NC(=O)c2ccc(OCC(=O)Nc3cccc(C(F)(F)F)c3)cc2)s1. The van der Waals surface area contributed by atoms with Crippen molar-refractivity contribution in [2.45, 2.75) is 19.5 Å². The van der Waals surface area contributed by atoms with Gasteiger partial charge in [0, 0.05) is 11.3 Å². The molecule has 2 N–H and O–H groups in total. The highest BCUT2D eigenvalue weighted by Gasteiger charge is 2.30. The van der Waals surface area contributed by atoms with Crippen molar-refractivity contribution in [2.24, 2.45) is 0 Å². The summed E-state index contributed by atoms with van der Waals surface area (Å²) in [5.41, 5.74) is -0.494. The van der Waals surface area contributed by atoms with Gasteiger partial charge >= 0.3 is 6.18 Å². The van der Waals surface area contributed by atoms with Crippen LogP contribution in [0, 0.1) is 0 Å². The molecule has 0 fully saturated rings. The van der Waals surface area contributed by atoms with Gasteiger partial charge in [-0.15, -0.1) is 10.2 Å². The highest BCUT2D eigenvalue weighted by Crippen LogP contribution is 2.30. The normalized spacial score (nSPS) is 11.1. The largest absolute Gasteiger partial charge is 0.484 e. The van der Waals surface area contributed by atoms with Crippen molar-refractivity contribution in [1.82, 2.24) is 10.2 Å². The first-order chi connectivity index (χ1) is 14.7. The molecule has 0 aliphatic carbocycles. The molecule has 31 heavy (non-hydrogen) atoms.